The van der Waals surface area contributed by atoms with Crippen molar-refractivity contribution in [3.8, 4) is 0 Å². The van der Waals surface area contributed by atoms with E-state index < -0.39 is 0 Å². The normalized spacial score (nSPS) is 17.9. The second-order valence-electron chi connectivity index (χ2n) is 6.51. The summed E-state index contributed by atoms with van der Waals surface area (Å²) in [4.78, 5) is 10.9. The number of nitrogens with zero attached hydrogens (tertiary/aromatic N) is 4. The van der Waals surface area contributed by atoms with Crippen LogP contribution in [0.4, 0.5) is 0 Å². The van der Waals surface area contributed by atoms with Crippen molar-refractivity contribution in [2.45, 2.75) is 19.5 Å². The molecule has 2 aromatic rings. The lowest BCUT2D eigenvalue weighted by Gasteiger charge is -2.22. The minimum Gasteiger partial charge on any atom is -0.384 e. The van der Waals surface area contributed by atoms with E-state index in [1.807, 2.05) is 25.8 Å². The third-order valence-electron chi connectivity index (χ3n) is 4.57. The van der Waals surface area contributed by atoms with Gasteiger partial charge in [0, 0.05) is 58.6 Å². The van der Waals surface area contributed by atoms with Crippen molar-refractivity contribution < 1.29 is 4.74 Å². The number of aromatic nitrogens is 2. The van der Waals surface area contributed by atoms with Gasteiger partial charge in [-0.15, -0.1) is 0 Å². The molecule has 1 unspecified atom stereocenters. The number of hydrogen-bond acceptors (Lipinski definition) is 3. The number of benzene rings is 1. The number of nitrogens with one attached hydrogen (secondary N) is 1. The number of guanidine groups is 1. The molecule has 6 heteroatoms. The molecular weight excluding hydrogens is 314 g/mol. The van der Waals surface area contributed by atoms with E-state index >= 15 is 0 Å². The van der Waals surface area contributed by atoms with Gasteiger partial charge in [-0.2, -0.15) is 0 Å². The molecule has 3 rings (SSSR count). The van der Waals surface area contributed by atoms with E-state index in [4.69, 9.17) is 4.74 Å². The smallest absolute Gasteiger partial charge is 0.193 e. The van der Waals surface area contributed by atoms with E-state index in [1.165, 1.54) is 11.1 Å². The molecule has 2 heterocycles. The monoisotopic (exact) mass is 341 g/mol. The predicted molar refractivity (Wildman–Crippen MR) is 99.5 cm³/mol. The Morgan fingerprint density at radius 1 is 1.40 bits per heavy atom. The number of methoxy groups -OCH3 is 1. The zero-order chi connectivity index (χ0) is 17.5. The summed E-state index contributed by atoms with van der Waals surface area (Å²) >= 11 is 0. The Hall–Kier alpha value is -2.34. The van der Waals surface area contributed by atoms with Crippen LogP contribution in [0.2, 0.25) is 0 Å². The predicted octanol–water partition coefficient (Wildman–Crippen LogP) is 1.98. The summed E-state index contributed by atoms with van der Waals surface area (Å²) in [5.41, 5.74) is 2.53. The maximum atomic E-state index is 5.28. The van der Waals surface area contributed by atoms with Gasteiger partial charge in [-0.05, 0) is 17.5 Å². The highest BCUT2D eigenvalue weighted by Gasteiger charge is 2.24. The highest BCUT2D eigenvalue weighted by atomic mass is 16.5. The molecule has 0 aliphatic carbocycles. The van der Waals surface area contributed by atoms with E-state index in [1.54, 1.807) is 7.11 Å². The Kier molecular flexibility index (Phi) is 6.06. The minimum atomic E-state index is 0.599. The molecule has 134 valence electrons. The van der Waals surface area contributed by atoms with Crippen LogP contribution in [0, 0.1) is 5.92 Å². The SMILES string of the molecule is CN=C(NCc1cccc(Cn2ccnc2)c1)N1CCC(COC)C1. The second kappa shape index (κ2) is 8.67. The highest BCUT2D eigenvalue weighted by molar-refractivity contribution is 5.80. The summed E-state index contributed by atoms with van der Waals surface area (Å²) in [6.07, 6.45) is 6.80. The van der Waals surface area contributed by atoms with Gasteiger partial charge < -0.3 is 19.5 Å². The van der Waals surface area contributed by atoms with Crippen LogP contribution in [-0.4, -0.2) is 54.3 Å². The van der Waals surface area contributed by atoms with E-state index in [2.05, 4.69) is 49.0 Å². The maximum Gasteiger partial charge on any atom is 0.193 e. The summed E-state index contributed by atoms with van der Waals surface area (Å²) < 4.78 is 7.35. The third kappa shape index (κ3) is 4.82. The Balaban J connectivity index is 1.55. The fraction of sp³-hybridized carbons (Fsp3) is 0.474. The molecule has 0 spiro atoms. The molecule has 0 radical (unpaired) electrons. The van der Waals surface area contributed by atoms with Crippen LogP contribution in [0.15, 0.2) is 48.0 Å². The first-order valence-corrected chi connectivity index (χ1v) is 8.76. The van der Waals surface area contributed by atoms with Gasteiger partial charge in [-0.1, -0.05) is 24.3 Å². The molecule has 1 atom stereocenters. The number of likely N-dealkylation sites (tertiary alicyclic amines) is 1. The summed E-state index contributed by atoms with van der Waals surface area (Å²) in [5.74, 6) is 1.57. The van der Waals surface area contributed by atoms with E-state index in [9.17, 15) is 0 Å². The van der Waals surface area contributed by atoms with Gasteiger partial charge in [0.25, 0.3) is 0 Å². The maximum absolute atomic E-state index is 5.28. The first-order valence-electron chi connectivity index (χ1n) is 8.76. The molecular formula is C19H27N5O. The lowest BCUT2D eigenvalue weighted by molar-refractivity contribution is 0.157. The number of ether oxygens (including phenoxy) is 1. The summed E-state index contributed by atoms with van der Waals surface area (Å²) in [6, 6.07) is 8.64. The molecule has 1 saturated heterocycles. The summed E-state index contributed by atoms with van der Waals surface area (Å²) in [5, 5.41) is 3.49. The Bertz CT molecular complexity index is 683. The standard InChI is InChI=1S/C19H27N5O/c1-20-19(24-8-6-18(13-24)14-25-2)22-11-16-4-3-5-17(10-16)12-23-9-7-21-15-23/h3-5,7,9-10,15,18H,6,8,11-14H2,1-2H3,(H,20,22). The number of rotatable bonds is 6. The van der Waals surface area contributed by atoms with Gasteiger partial charge in [-0.3, -0.25) is 4.99 Å². The number of aliphatic imine (C=N–C) groups is 1. The Labute approximate surface area is 149 Å². The van der Waals surface area contributed by atoms with Gasteiger partial charge in [0.1, 0.15) is 0 Å². The van der Waals surface area contributed by atoms with E-state index in [0.29, 0.717) is 5.92 Å². The van der Waals surface area contributed by atoms with Crippen LogP contribution in [0.5, 0.6) is 0 Å². The number of hydrogen-bond donors (Lipinski definition) is 1. The molecule has 1 aliphatic heterocycles. The largest absolute Gasteiger partial charge is 0.384 e. The first kappa shape index (κ1) is 17.5. The summed E-state index contributed by atoms with van der Waals surface area (Å²) in [6.45, 7) is 4.48. The first-order chi connectivity index (χ1) is 12.3. The van der Waals surface area contributed by atoms with Crippen LogP contribution in [0.3, 0.4) is 0 Å². The molecule has 0 amide bonds. The second-order valence-corrected chi connectivity index (χ2v) is 6.51. The van der Waals surface area contributed by atoms with Crippen molar-refractivity contribution in [1.82, 2.24) is 19.8 Å². The van der Waals surface area contributed by atoms with Crippen LogP contribution in [0.25, 0.3) is 0 Å². The van der Waals surface area contributed by atoms with E-state index in [-0.39, 0.29) is 0 Å². The molecule has 6 nitrogen and oxygen atoms in total. The van der Waals surface area contributed by atoms with Crippen LogP contribution in [0.1, 0.15) is 17.5 Å². The van der Waals surface area contributed by atoms with E-state index in [0.717, 1.165) is 45.2 Å². The molecule has 1 fully saturated rings. The molecule has 25 heavy (non-hydrogen) atoms. The van der Waals surface area contributed by atoms with Crippen molar-refractivity contribution >= 4 is 5.96 Å². The minimum absolute atomic E-state index is 0.599. The van der Waals surface area contributed by atoms with Crippen molar-refractivity contribution in [1.29, 1.82) is 0 Å². The Morgan fingerprint density at radius 2 is 2.28 bits per heavy atom. The van der Waals surface area contributed by atoms with Crippen LogP contribution >= 0.6 is 0 Å². The molecule has 0 saturated carbocycles. The zero-order valence-corrected chi connectivity index (χ0v) is 15.1. The van der Waals surface area contributed by atoms with Crippen molar-refractivity contribution in [3.05, 3.63) is 54.1 Å². The van der Waals surface area contributed by atoms with Crippen molar-refractivity contribution in [3.63, 3.8) is 0 Å². The van der Waals surface area contributed by atoms with Crippen LogP contribution in [-0.2, 0) is 17.8 Å². The fourth-order valence-corrected chi connectivity index (χ4v) is 3.34. The van der Waals surface area contributed by atoms with Crippen molar-refractivity contribution in [2.75, 3.05) is 33.9 Å². The molecule has 1 aromatic heterocycles. The van der Waals surface area contributed by atoms with Crippen molar-refractivity contribution in [2.24, 2.45) is 10.9 Å². The fourth-order valence-electron chi connectivity index (χ4n) is 3.34. The van der Waals surface area contributed by atoms with Gasteiger partial charge >= 0.3 is 0 Å². The summed E-state index contributed by atoms with van der Waals surface area (Å²) in [7, 11) is 3.62. The highest BCUT2D eigenvalue weighted by Crippen LogP contribution is 2.16. The van der Waals surface area contributed by atoms with Gasteiger partial charge in [0.15, 0.2) is 5.96 Å². The van der Waals surface area contributed by atoms with Crippen LogP contribution < -0.4 is 5.32 Å². The third-order valence-corrected chi connectivity index (χ3v) is 4.57. The topological polar surface area (TPSA) is 54.7 Å². The quantitative estimate of drug-likeness (QED) is 0.645. The van der Waals surface area contributed by atoms with Gasteiger partial charge in [0.2, 0.25) is 0 Å². The average molecular weight is 341 g/mol. The lowest BCUT2D eigenvalue weighted by atomic mass is 10.1. The van der Waals surface area contributed by atoms with Gasteiger partial charge in [0.05, 0.1) is 12.9 Å². The lowest BCUT2D eigenvalue weighted by Crippen LogP contribution is -2.39. The molecule has 1 N–H and O–H groups in total. The Morgan fingerprint density at radius 3 is 3.04 bits per heavy atom. The number of imidazole rings is 1. The average Bonchev–Trinajstić information content (AvgIpc) is 3.29. The molecule has 1 aliphatic rings. The molecule has 1 aromatic carbocycles. The van der Waals surface area contributed by atoms with Gasteiger partial charge in [-0.25, -0.2) is 4.98 Å². The zero-order valence-electron chi connectivity index (χ0n) is 15.1. The molecule has 0 bridgehead atoms.